The van der Waals surface area contributed by atoms with Crippen LogP contribution in [-0.2, 0) is 13.0 Å². The third-order valence-electron chi connectivity index (χ3n) is 7.77. The second-order valence-electron chi connectivity index (χ2n) is 9.90. The predicted molar refractivity (Wildman–Crippen MR) is 140 cm³/mol. The number of benzene rings is 1. The van der Waals surface area contributed by atoms with Gasteiger partial charge in [-0.25, -0.2) is 4.79 Å². The third kappa shape index (κ3) is 4.52. The van der Waals surface area contributed by atoms with Crippen molar-refractivity contribution in [2.24, 2.45) is 11.8 Å². The second kappa shape index (κ2) is 10.6. The number of aromatic nitrogens is 7. The number of nitrogens with zero attached hydrogens (tertiary/aromatic N) is 6. The number of hydrogen-bond donors (Lipinski definition) is 1. The maximum atomic E-state index is 13.7. The van der Waals surface area contributed by atoms with Gasteiger partial charge in [-0.15, -0.1) is 10.2 Å². The lowest BCUT2D eigenvalue weighted by molar-refractivity contribution is 0.0710. The fourth-order valence-corrected chi connectivity index (χ4v) is 5.65. The molecular formula is C28H35N7O. The lowest BCUT2D eigenvalue weighted by atomic mass is 9.67. The molecule has 8 heteroatoms. The molecule has 1 aromatic carbocycles. The van der Waals surface area contributed by atoms with Gasteiger partial charge >= 0.3 is 5.69 Å². The smallest absolute Gasteiger partial charge is 0.295 e. The molecule has 2 unspecified atom stereocenters. The number of nitrogens with one attached hydrogen (secondary N) is 1. The molecule has 0 spiro atoms. The van der Waals surface area contributed by atoms with Crippen molar-refractivity contribution in [2.45, 2.75) is 71.9 Å². The summed E-state index contributed by atoms with van der Waals surface area (Å²) in [6.45, 7) is 7.22. The Hall–Kier alpha value is -3.55. The van der Waals surface area contributed by atoms with Crippen LogP contribution in [0.1, 0.15) is 70.2 Å². The average Bonchev–Trinajstić information content (AvgIpc) is 3.53. The topological polar surface area (TPSA) is 94.3 Å². The van der Waals surface area contributed by atoms with E-state index < -0.39 is 0 Å². The number of aromatic amines is 1. The van der Waals surface area contributed by atoms with Crippen LogP contribution in [0, 0.1) is 11.8 Å². The third-order valence-corrected chi connectivity index (χ3v) is 7.77. The van der Waals surface area contributed by atoms with E-state index in [0.717, 1.165) is 60.2 Å². The molecule has 0 aliphatic heterocycles. The molecule has 8 nitrogen and oxygen atoms in total. The van der Waals surface area contributed by atoms with Gasteiger partial charge in [0, 0.05) is 35.3 Å². The van der Waals surface area contributed by atoms with Crippen LogP contribution in [0.4, 0.5) is 0 Å². The molecular weight excluding hydrogens is 450 g/mol. The Balaban J connectivity index is 1.44. The Labute approximate surface area is 211 Å². The lowest BCUT2D eigenvalue weighted by Gasteiger charge is -2.44. The fraction of sp³-hybridized carbons (Fsp3) is 0.464. The number of tetrazole rings is 1. The fourth-order valence-electron chi connectivity index (χ4n) is 5.65. The van der Waals surface area contributed by atoms with Crippen molar-refractivity contribution in [1.82, 2.24) is 34.7 Å². The van der Waals surface area contributed by atoms with Gasteiger partial charge in [-0.05, 0) is 47.9 Å². The van der Waals surface area contributed by atoms with Crippen molar-refractivity contribution in [3.8, 4) is 22.6 Å². The van der Waals surface area contributed by atoms with Gasteiger partial charge in [0.2, 0.25) is 5.82 Å². The van der Waals surface area contributed by atoms with E-state index in [1.54, 1.807) is 0 Å². The van der Waals surface area contributed by atoms with Crippen LogP contribution in [0.25, 0.3) is 22.6 Å². The predicted octanol–water partition coefficient (Wildman–Crippen LogP) is 5.28. The maximum Gasteiger partial charge on any atom is 0.328 e. The van der Waals surface area contributed by atoms with Gasteiger partial charge in [-0.2, -0.15) is 5.21 Å². The summed E-state index contributed by atoms with van der Waals surface area (Å²) in [6.07, 6.45) is 10.6. The first-order chi connectivity index (χ1) is 17.6. The van der Waals surface area contributed by atoms with Crippen molar-refractivity contribution in [2.75, 3.05) is 0 Å². The summed E-state index contributed by atoms with van der Waals surface area (Å²) < 4.78 is 4.02. The first kappa shape index (κ1) is 24.2. The average molecular weight is 486 g/mol. The van der Waals surface area contributed by atoms with Crippen LogP contribution in [0.3, 0.4) is 0 Å². The first-order valence-electron chi connectivity index (χ1n) is 13.2. The maximum absolute atomic E-state index is 13.7. The van der Waals surface area contributed by atoms with Crippen molar-refractivity contribution < 1.29 is 0 Å². The van der Waals surface area contributed by atoms with Gasteiger partial charge in [-0.3, -0.25) is 14.1 Å². The summed E-state index contributed by atoms with van der Waals surface area (Å²) in [5, 5.41) is 14.5. The summed E-state index contributed by atoms with van der Waals surface area (Å²) >= 11 is 0. The van der Waals surface area contributed by atoms with Gasteiger partial charge in [0.05, 0.1) is 12.2 Å². The van der Waals surface area contributed by atoms with Crippen LogP contribution in [0.15, 0.2) is 53.6 Å². The van der Waals surface area contributed by atoms with Gasteiger partial charge in [0.1, 0.15) is 0 Å². The Bertz CT molecular complexity index is 1330. The molecule has 1 aliphatic carbocycles. The molecule has 0 amide bonds. The zero-order valence-corrected chi connectivity index (χ0v) is 21.4. The largest absolute Gasteiger partial charge is 0.328 e. The molecule has 0 saturated heterocycles. The van der Waals surface area contributed by atoms with Crippen molar-refractivity contribution in [3.05, 3.63) is 70.5 Å². The minimum absolute atomic E-state index is 0.120. The number of rotatable bonds is 10. The second-order valence-corrected chi connectivity index (χ2v) is 9.90. The van der Waals surface area contributed by atoms with E-state index >= 15 is 0 Å². The Morgan fingerprint density at radius 3 is 2.44 bits per heavy atom. The first-order valence-corrected chi connectivity index (χ1v) is 13.2. The van der Waals surface area contributed by atoms with Gasteiger partial charge in [0.25, 0.3) is 0 Å². The van der Waals surface area contributed by atoms with Crippen LogP contribution in [-0.4, -0.2) is 34.7 Å². The Morgan fingerprint density at radius 2 is 1.81 bits per heavy atom. The van der Waals surface area contributed by atoms with Crippen molar-refractivity contribution in [1.29, 1.82) is 0 Å². The zero-order valence-electron chi connectivity index (χ0n) is 21.4. The van der Waals surface area contributed by atoms with Crippen LogP contribution < -0.4 is 5.69 Å². The molecule has 3 aromatic heterocycles. The summed E-state index contributed by atoms with van der Waals surface area (Å²) in [7, 11) is 0. The van der Waals surface area contributed by atoms with Crippen LogP contribution >= 0.6 is 0 Å². The van der Waals surface area contributed by atoms with E-state index in [1.165, 1.54) is 6.42 Å². The number of unbranched alkanes of at least 4 members (excludes halogenated alkanes) is 1. The summed E-state index contributed by atoms with van der Waals surface area (Å²) in [6, 6.07) is 12.3. The van der Waals surface area contributed by atoms with Crippen LogP contribution in [0.5, 0.6) is 0 Å². The van der Waals surface area contributed by atoms with E-state index in [9.17, 15) is 4.79 Å². The Kier molecular flexibility index (Phi) is 7.11. The minimum Gasteiger partial charge on any atom is -0.295 e. The minimum atomic E-state index is 0.120. The number of hydrogen-bond acceptors (Lipinski definition) is 5. The lowest BCUT2D eigenvalue weighted by Crippen LogP contribution is -2.42. The van der Waals surface area contributed by atoms with Gasteiger partial charge in [-0.1, -0.05) is 70.4 Å². The highest BCUT2D eigenvalue weighted by Crippen LogP contribution is 2.47. The van der Waals surface area contributed by atoms with Gasteiger partial charge in [0.15, 0.2) is 0 Å². The van der Waals surface area contributed by atoms with Crippen molar-refractivity contribution in [3.63, 3.8) is 0 Å². The highest BCUT2D eigenvalue weighted by atomic mass is 16.1. The number of aryl methyl sites for hydroxylation is 1. The summed E-state index contributed by atoms with van der Waals surface area (Å²) in [5.41, 5.74) is 4.92. The molecule has 0 radical (unpaired) electrons. The van der Waals surface area contributed by atoms with E-state index in [-0.39, 0.29) is 5.69 Å². The standard InChI is InChI=1S/C28H35N7O/c1-4-7-10-22-18-35(26-20(5-2)15-21(26)6-3)28(36)34(22)17-19-13-14-25(29-16-19)23-11-8-9-12-24(23)27-30-32-33-31-27/h8-9,11-14,16,18,20-21,26H,4-7,10,15,17H2,1-3H3,(H,30,31,32,33). The highest BCUT2D eigenvalue weighted by molar-refractivity contribution is 5.78. The zero-order chi connectivity index (χ0) is 25.1. The quantitative estimate of drug-likeness (QED) is 0.330. The van der Waals surface area contributed by atoms with E-state index in [0.29, 0.717) is 30.2 Å². The van der Waals surface area contributed by atoms with E-state index in [2.05, 4.69) is 58.2 Å². The van der Waals surface area contributed by atoms with Gasteiger partial charge < -0.3 is 0 Å². The van der Waals surface area contributed by atoms with Crippen molar-refractivity contribution >= 4 is 0 Å². The van der Waals surface area contributed by atoms with E-state index in [1.807, 2.05) is 41.1 Å². The summed E-state index contributed by atoms with van der Waals surface area (Å²) in [5.74, 6) is 1.74. The SMILES string of the molecule is CCCCc1cn(C2C(CC)CC2CC)c(=O)n1Cc1ccc(-c2ccccc2-c2nn[nH]n2)nc1. The molecule has 1 aliphatic rings. The number of imidazole rings is 1. The summed E-state index contributed by atoms with van der Waals surface area (Å²) in [4.78, 5) is 18.4. The molecule has 1 N–H and O–H groups in total. The molecule has 1 fully saturated rings. The molecule has 5 rings (SSSR count). The molecule has 2 atom stereocenters. The molecule has 4 aromatic rings. The molecule has 0 bridgehead atoms. The molecule has 188 valence electrons. The van der Waals surface area contributed by atoms with E-state index in [4.69, 9.17) is 4.98 Å². The normalized spacial score (nSPS) is 19.4. The monoisotopic (exact) mass is 485 g/mol. The molecule has 36 heavy (non-hydrogen) atoms. The molecule has 3 heterocycles. The number of pyridine rings is 1. The highest BCUT2D eigenvalue weighted by Gasteiger charge is 2.41. The number of H-pyrrole nitrogens is 1. The van der Waals surface area contributed by atoms with Crippen LogP contribution in [0.2, 0.25) is 0 Å². The molecule has 1 saturated carbocycles. The Morgan fingerprint density at radius 1 is 1.03 bits per heavy atom.